The highest BCUT2D eigenvalue weighted by molar-refractivity contribution is 9.13. The molecule has 0 spiro atoms. The molecule has 6 nitrogen and oxygen atoms in total. The van der Waals surface area contributed by atoms with E-state index >= 15 is 0 Å². The van der Waals surface area contributed by atoms with E-state index in [1.807, 2.05) is 32.9 Å². The van der Waals surface area contributed by atoms with Crippen LogP contribution in [-0.2, 0) is 0 Å². The third-order valence-electron chi connectivity index (χ3n) is 4.42. The van der Waals surface area contributed by atoms with Crippen molar-refractivity contribution >= 4 is 64.9 Å². The Labute approximate surface area is 211 Å². The molecule has 0 bridgehead atoms. The standard InChI is InChI=1S/C23H20Br3N3O3/c1-5-9-32-21-18(31-6-2)10-14(19(25)20(21)26)12-27-29-22(13(3)4)28-17-8-7-15(24)11-16(17)23(29)30/h1,7-8,10-13H,6,9H2,2-4H3. The summed E-state index contributed by atoms with van der Waals surface area (Å²) in [5.41, 5.74) is 1.07. The summed E-state index contributed by atoms with van der Waals surface area (Å²) in [5, 5.41) is 4.97. The van der Waals surface area contributed by atoms with Gasteiger partial charge in [0.1, 0.15) is 12.4 Å². The summed E-state index contributed by atoms with van der Waals surface area (Å²) in [4.78, 5) is 17.9. The Morgan fingerprint density at radius 3 is 2.62 bits per heavy atom. The maximum Gasteiger partial charge on any atom is 0.282 e. The van der Waals surface area contributed by atoms with E-state index in [1.54, 1.807) is 18.3 Å². The molecule has 0 aliphatic carbocycles. The zero-order valence-electron chi connectivity index (χ0n) is 17.7. The van der Waals surface area contributed by atoms with Crippen molar-refractivity contribution in [1.29, 1.82) is 0 Å². The van der Waals surface area contributed by atoms with Crippen molar-refractivity contribution in [3.05, 3.63) is 59.4 Å². The second-order valence-electron chi connectivity index (χ2n) is 6.99. The second-order valence-corrected chi connectivity index (χ2v) is 9.50. The van der Waals surface area contributed by atoms with Crippen molar-refractivity contribution < 1.29 is 9.47 Å². The summed E-state index contributed by atoms with van der Waals surface area (Å²) in [6, 6.07) is 7.20. The zero-order chi connectivity index (χ0) is 23.4. The van der Waals surface area contributed by atoms with E-state index < -0.39 is 0 Å². The van der Waals surface area contributed by atoms with Gasteiger partial charge in [-0.1, -0.05) is 35.7 Å². The van der Waals surface area contributed by atoms with Crippen molar-refractivity contribution in [2.75, 3.05) is 13.2 Å². The van der Waals surface area contributed by atoms with Gasteiger partial charge in [0.15, 0.2) is 11.5 Å². The van der Waals surface area contributed by atoms with Crippen molar-refractivity contribution in [3.63, 3.8) is 0 Å². The number of aromatic nitrogens is 2. The van der Waals surface area contributed by atoms with Gasteiger partial charge in [-0.05, 0) is 63.0 Å². The zero-order valence-corrected chi connectivity index (χ0v) is 22.4. The molecule has 3 aromatic rings. The van der Waals surface area contributed by atoms with Crippen LogP contribution in [0.25, 0.3) is 10.9 Å². The molecule has 0 unspecified atom stereocenters. The van der Waals surface area contributed by atoms with Gasteiger partial charge in [-0.3, -0.25) is 4.79 Å². The summed E-state index contributed by atoms with van der Waals surface area (Å²) in [6.07, 6.45) is 6.91. The van der Waals surface area contributed by atoms with E-state index in [0.717, 1.165) is 4.47 Å². The van der Waals surface area contributed by atoms with Crippen LogP contribution in [0, 0.1) is 12.3 Å². The highest BCUT2D eigenvalue weighted by Gasteiger charge is 2.18. The van der Waals surface area contributed by atoms with Crippen LogP contribution >= 0.6 is 47.8 Å². The maximum absolute atomic E-state index is 13.2. The van der Waals surface area contributed by atoms with E-state index in [1.165, 1.54) is 4.68 Å². The normalized spacial score (nSPS) is 11.3. The maximum atomic E-state index is 13.2. The van der Waals surface area contributed by atoms with Crippen molar-refractivity contribution in [2.24, 2.45) is 5.10 Å². The highest BCUT2D eigenvalue weighted by atomic mass is 79.9. The van der Waals surface area contributed by atoms with E-state index in [4.69, 9.17) is 15.9 Å². The molecule has 9 heteroatoms. The molecule has 0 aliphatic rings. The number of nitrogens with zero attached hydrogens (tertiary/aromatic N) is 3. The summed E-state index contributed by atoms with van der Waals surface area (Å²) in [6.45, 7) is 6.36. The van der Waals surface area contributed by atoms with Crippen LogP contribution in [0.2, 0.25) is 0 Å². The molecule has 2 aromatic carbocycles. The Morgan fingerprint density at radius 2 is 1.97 bits per heavy atom. The first-order chi connectivity index (χ1) is 15.3. The quantitative estimate of drug-likeness (QED) is 0.235. The second kappa shape index (κ2) is 10.6. The smallest absolute Gasteiger partial charge is 0.282 e. The molecule has 166 valence electrons. The first kappa shape index (κ1) is 24.5. The molecule has 0 saturated carbocycles. The summed E-state index contributed by atoms with van der Waals surface area (Å²) >= 11 is 10.5. The van der Waals surface area contributed by atoms with Crippen LogP contribution in [0.1, 0.15) is 38.1 Å². The summed E-state index contributed by atoms with van der Waals surface area (Å²) in [5.74, 6) is 4.00. The van der Waals surface area contributed by atoms with Crippen molar-refractivity contribution in [1.82, 2.24) is 9.66 Å². The van der Waals surface area contributed by atoms with Gasteiger partial charge < -0.3 is 9.47 Å². The molecule has 0 fully saturated rings. The number of hydrogen-bond donors (Lipinski definition) is 0. The number of rotatable bonds is 7. The molecule has 0 N–H and O–H groups in total. The van der Waals surface area contributed by atoms with Gasteiger partial charge in [0.2, 0.25) is 0 Å². The molecule has 1 heterocycles. The Kier molecular flexibility index (Phi) is 8.15. The van der Waals surface area contributed by atoms with Crippen LogP contribution in [0.3, 0.4) is 0 Å². The van der Waals surface area contributed by atoms with Crippen molar-refractivity contribution in [2.45, 2.75) is 26.7 Å². The number of hydrogen-bond acceptors (Lipinski definition) is 5. The average Bonchev–Trinajstić information content (AvgIpc) is 2.76. The van der Waals surface area contributed by atoms with E-state index in [2.05, 4.69) is 63.8 Å². The fourth-order valence-corrected chi connectivity index (χ4v) is 4.28. The monoisotopic (exact) mass is 623 g/mol. The van der Waals surface area contributed by atoms with Crippen LogP contribution in [0.5, 0.6) is 11.5 Å². The number of halogens is 3. The number of ether oxygens (including phenoxy) is 2. The Hall–Kier alpha value is -2.15. The average molecular weight is 626 g/mol. The van der Waals surface area contributed by atoms with Gasteiger partial charge in [0, 0.05) is 20.4 Å². The summed E-state index contributed by atoms with van der Waals surface area (Å²) in [7, 11) is 0. The Balaban J connectivity index is 2.16. The fourth-order valence-electron chi connectivity index (χ4n) is 2.98. The van der Waals surface area contributed by atoms with Gasteiger partial charge in [0.05, 0.1) is 28.2 Å². The first-order valence-electron chi connectivity index (χ1n) is 9.76. The minimum absolute atomic E-state index is 0.0124. The summed E-state index contributed by atoms with van der Waals surface area (Å²) < 4.78 is 14.8. The Bertz CT molecular complexity index is 1290. The van der Waals surface area contributed by atoms with Crippen LogP contribution in [0.4, 0.5) is 0 Å². The lowest BCUT2D eigenvalue weighted by molar-refractivity contribution is 0.297. The van der Waals surface area contributed by atoms with Gasteiger partial charge in [-0.25, -0.2) is 4.98 Å². The van der Waals surface area contributed by atoms with E-state index in [-0.39, 0.29) is 18.1 Å². The predicted octanol–water partition coefficient (Wildman–Crippen LogP) is 6.10. The topological polar surface area (TPSA) is 65.7 Å². The molecule has 0 radical (unpaired) electrons. The molecule has 1 aromatic heterocycles. The van der Waals surface area contributed by atoms with Gasteiger partial charge in [-0.15, -0.1) is 6.42 Å². The van der Waals surface area contributed by atoms with E-state index in [0.29, 0.717) is 49.3 Å². The Morgan fingerprint density at radius 1 is 1.22 bits per heavy atom. The minimum Gasteiger partial charge on any atom is -0.490 e. The minimum atomic E-state index is -0.245. The van der Waals surface area contributed by atoms with Gasteiger partial charge >= 0.3 is 0 Å². The molecular weight excluding hydrogens is 606 g/mol. The van der Waals surface area contributed by atoms with Crippen LogP contribution in [-0.4, -0.2) is 29.1 Å². The third-order valence-corrected chi connectivity index (χ3v) is 7.05. The fraction of sp³-hybridized carbons (Fsp3) is 0.261. The molecule has 0 saturated heterocycles. The van der Waals surface area contributed by atoms with Crippen LogP contribution in [0.15, 0.2) is 47.6 Å². The number of terminal acetylenes is 1. The first-order valence-corrected chi connectivity index (χ1v) is 12.1. The third kappa shape index (κ3) is 5.08. The molecule has 0 amide bonds. The van der Waals surface area contributed by atoms with Gasteiger partial charge in [0.25, 0.3) is 5.56 Å². The molecule has 0 atom stereocenters. The van der Waals surface area contributed by atoms with E-state index in [9.17, 15) is 4.79 Å². The molecule has 0 aliphatic heterocycles. The molecule has 32 heavy (non-hydrogen) atoms. The lowest BCUT2D eigenvalue weighted by atomic mass is 10.2. The number of benzene rings is 2. The largest absolute Gasteiger partial charge is 0.490 e. The number of fused-ring (bicyclic) bond motifs is 1. The van der Waals surface area contributed by atoms with Crippen LogP contribution < -0.4 is 15.0 Å². The molecular formula is C23H20Br3N3O3. The van der Waals surface area contributed by atoms with Crippen molar-refractivity contribution in [3.8, 4) is 23.8 Å². The predicted molar refractivity (Wildman–Crippen MR) is 138 cm³/mol. The van der Waals surface area contributed by atoms with Gasteiger partial charge in [-0.2, -0.15) is 9.78 Å². The molecule has 3 rings (SSSR count). The SMILES string of the molecule is C#CCOc1c(OCC)cc(C=Nn2c(C(C)C)nc3ccc(Br)cc3c2=O)c(Br)c1Br. The lowest BCUT2D eigenvalue weighted by Gasteiger charge is -2.15. The highest BCUT2D eigenvalue weighted by Crippen LogP contribution is 2.42. The lowest BCUT2D eigenvalue weighted by Crippen LogP contribution is -2.23.